The average Bonchev–Trinajstić information content (AvgIpc) is 3.03. The number of rotatable bonds is 4. The number of para-hydroxylation sites is 1. The third kappa shape index (κ3) is 2.93. The molecule has 0 radical (unpaired) electrons. The minimum Gasteiger partial charge on any atom is -0.303 e. The summed E-state index contributed by atoms with van der Waals surface area (Å²) in [7, 11) is 1.79. The number of nitrogens with one attached hydrogen (secondary N) is 2. The van der Waals surface area contributed by atoms with Crippen LogP contribution < -0.4 is 15.8 Å². The molecule has 7 nitrogen and oxygen atoms in total. The molecule has 0 aliphatic carbocycles. The van der Waals surface area contributed by atoms with E-state index in [4.69, 9.17) is 0 Å². The fourth-order valence-corrected chi connectivity index (χ4v) is 4.23. The topological polar surface area (TPSA) is 91.0 Å². The molecule has 0 spiro atoms. The highest BCUT2D eigenvalue weighted by atomic mass is 16.2. The number of H-pyrrole nitrogens is 1. The van der Waals surface area contributed by atoms with Gasteiger partial charge in [0.15, 0.2) is 0 Å². The van der Waals surface area contributed by atoms with Crippen LogP contribution in [0.4, 0.5) is 11.4 Å². The van der Waals surface area contributed by atoms with E-state index < -0.39 is 5.54 Å². The quantitative estimate of drug-likeness (QED) is 0.539. The largest absolute Gasteiger partial charge is 0.303 e. The van der Waals surface area contributed by atoms with Gasteiger partial charge < -0.3 is 5.32 Å². The molecule has 154 valence electrons. The van der Waals surface area contributed by atoms with Gasteiger partial charge in [0.05, 0.1) is 28.7 Å². The molecule has 2 aromatic heterocycles. The van der Waals surface area contributed by atoms with Crippen molar-refractivity contribution in [1.29, 1.82) is 0 Å². The maximum absolute atomic E-state index is 13.4. The van der Waals surface area contributed by atoms with E-state index in [0.29, 0.717) is 17.5 Å². The second kappa shape index (κ2) is 7.14. The first-order valence-corrected chi connectivity index (χ1v) is 10.1. The number of carbonyl (C=O) groups is 1. The Balaban J connectivity index is 1.56. The maximum atomic E-state index is 13.4. The molecule has 0 fully saturated rings. The Labute approximate surface area is 178 Å². The lowest BCUT2D eigenvalue weighted by atomic mass is 9.94. The van der Waals surface area contributed by atoms with Crippen molar-refractivity contribution in [2.75, 3.05) is 11.9 Å². The van der Waals surface area contributed by atoms with Crippen molar-refractivity contribution < 1.29 is 4.79 Å². The van der Waals surface area contributed by atoms with E-state index in [1.165, 1.54) is 0 Å². The Morgan fingerprint density at radius 1 is 1.03 bits per heavy atom. The van der Waals surface area contributed by atoms with Crippen LogP contribution >= 0.6 is 0 Å². The van der Waals surface area contributed by atoms with Crippen molar-refractivity contribution in [2.24, 2.45) is 0 Å². The number of aromatic nitrogens is 3. The molecule has 2 N–H and O–H groups in total. The van der Waals surface area contributed by atoms with E-state index in [2.05, 4.69) is 20.5 Å². The molecule has 1 aliphatic heterocycles. The Morgan fingerprint density at radius 2 is 1.77 bits per heavy atom. The van der Waals surface area contributed by atoms with Crippen LogP contribution in [0, 0.1) is 0 Å². The molecule has 0 saturated heterocycles. The molecule has 1 unspecified atom stereocenters. The molecule has 3 heterocycles. The number of nitrogens with zero attached hydrogens (tertiary/aromatic N) is 3. The van der Waals surface area contributed by atoms with E-state index >= 15 is 0 Å². The Hall–Kier alpha value is -3.84. The first kappa shape index (κ1) is 19.1. The molecule has 31 heavy (non-hydrogen) atoms. The van der Waals surface area contributed by atoms with Gasteiger partial charge in [0.2, 0.25) is 0 Å². The minimum atomic E-state index is -0.802. The van der Waals surface area contributed by atoms with Crippen LogP contribution in [0.25, 0.3) is 10.8 Å². The van der Waals surface area contributed by atoms with Crippen molar-refractivity contribution in [2.45, 2.75) is 18.9 Å². The van der Waals surface area contributed by atoms with Crippen LogP contribution in [0.3, 0.4) is 0 Å². The predicted molar refractivity (Wildman–Crippen MR) is 119 cm³/mol. The molecular weight excluding hydrogens is 390 g/mol. The smallest absolute Gasteiger partial charge is 0.272 e. The summed E-state index contributed by atoms with van der Waals surface area (Å²) in [6.07, 6.45) is 3.93. The first-order valence-electron chi connectivity index (χ1n) is 10.1. The van der Waals surface area contributed by atoms with Gasteiger partial charge in [-0.05, 0) is 37.7 Å². The SMILES string of the molecule is CNC1(C)C(=O)N(c2cncc(Cc3n[nH]c(=O)c4ccccc34)c2)c2ccccc21. The summed E-state index contributed by atoms with van der Waals surface area (Å²) in [6, 6.07) is 17.1. The van der Waals surface area contributed by atoms with Gasteiger partial charge >= 0.3 is 0 Å². The van der Waals surface area contributed by atoms with Crippen LogP contribution in [-0.4, -0.2) is 28.1 Å². The molecular formula is C24H21N5O2. The van der Waals surface area contributed by atoms with Crippen molar-refractivity contribution in [3.05, 3.63) is 94.2 Å². The summed E-state index contributed by atoms with van der Waals surface area (Å²) in [5.74, 6) is -0.0530. The lowest BCUT2D eigenvalue weighted by Gasteiger charge is -2.24. The summed E-state index contributed by atoms with van der Waals surface area (Å²) < 4.78 is 0. The number of aromatic amines is 1. The molecule has 1 aliphatic rings. The number of benzene rings is 2. The van der Waals surface area contributed by atoms with Crippen molar-refractivity contribution in [3.63, 3.8) is 0 Å². The Bertz CT molecular complexity index is 1380. The molecule has 1 atom stereocenters. The number of hydrogen-bond donors (Lipinski definition) is 2. The molecule has 0 saturated carbocycles. The first-order chi connectivity index (χ1) is 15.0. The van der Waals surface area contributed by atoms with Crippen molar-refractivity contribution in [3.8, 4) is 0 Å². The molecule has 5 rings (SSSR count). The number of anilines is 2. The van der Waals surface area contributed by atoms with Gasteiger partial charge in [-0.25, -0.2) is 5.10 Å². The molecule has 2 aromatic carbocycles. The summed E-state index contributed by atoms with van der Waals surface area (Å²) >= 11 is 0. The van der Waals surface area contributed by atoms with Gasteiger partial charge in [-0.1, -0.05) is 36.4 Å². The van der Waals surface area contributed by atoms with E-state index in [1.54, 1.807) is 30.4 Å². The Kier molecular flexibility index (Phi) is 4.41. The number of likely N-dealkylation sites (N-methyl/N-ethyl adjacent to an activating group) is 1. The minimum absolute atomic E-state index is 0.0530. The van der Waals surface area contributed by atoms with Gasteiger partial charge in [-0.2, -0.15) is 5.10 Å². The zero-order valence-electron chi connectivity index (χ0n) is 17.2. The normalized spacial score (nSPS) is 17.9. The summed E-state index contributed by atoms with van der Waals surface area (Å²) in [5, 5.41) is 11.4. The van der Waals surface area contributed by atoms with E-state index in [1.807, 2.05) is 55.5 Å². The lowest BCUT2D eigenvalue weighted by Crippen LogP contribution is -2.45. The van der Waals surface area contributed by atoms with Gasteiger partial charge in [0.1, 0.15) is 5.54 Å². The highest BCUT2D eigenvalue weighted by Gasteiger charge is 2.47. The van der Waals surface area contributed by atoms with E-state index in [-0.39, 0.29) is 11.5 Å². The lowest BCUT2D eigenvalue weighted by molar-refractivity contribution is -0.122. The van der Waals surface area contributed by atoms with Gasteiger partial charge in [-0.3, -0.25) is 19.5 Å². The number of hydrogen-bond acceptors (Lipinski definition) is 5. The predicted octanol–water partition coefficient (Wildman–Crippen LogP) is 3.02. The zero-order chi connectivity index (χ0) is 21.6. The van der Waals surface area contributed by atoms with Crippen LogP contribution in [-0.2, 0) is 16.8 Å². The Morgan fingerprint density at radius 3 is 2.58 bits per heavy atom. The summed E-state index contributed by atoms with van der Waals surface area (Å²) in [5.41, 5.74) is 3.10. The van der Waals surface area contributed by atoms with Crippen LogP contribution in [0.1, 0.15) is 23.7 Å². The summed E-state index contributed by atoms with van der Waals surface area (Å²) in [6.45, 7) is 1.89. The fourth-order valence-electron chi connectivity index (χ4n) is 4.23. The van der Waals surface area contributed by atoms with Gasteiger partial charge in [0.25, 0.3) is 11.5 Å². The van der Waals surface area contributed by atoms with Gasteiger partial charge in [0, 0.05) is 23.6 Å². The highest BCUT2D eigenvalue weighted by molar-refractivity contribution is 6.12. The second-order valence-electron chi connectivity index (χ2n) is 7.81. The summed E-state index contributed by atoms with van der Waals surface area (Å²) in [4.78, 5) is 31.6. The van der Waals surface area contributed by atoms with Crippen molar-refractivity contribution in [1.82, 2.24) is 20.5 Å². The standard InChI is InChI=1S/C24H21N5O2/c1-24(25-2)19-9-5-6-10-21(19)29(23(24)31)16-11-15(13-26-14-16)12-20-17-7-3-4-8-18(17)22(30)28-27-20/h3-11,13-14,25H,12H2,1-2H3,(H,28,30). The van der Waals surface area contributed by atoms with Crippen molar-refractivity contribution >= 4 is 28.1 Å². The van der Waals surface area contributed by atoms with Gasteiger partial charge in [-0.15, -0.1) is 0 Å². The number of amides is 1. The molecule has 1 amide bonds. The second-order valence-corrected chi connectivity index (χ2v) is 7.81. The third-order valence-electron chi connectivity index (χ3n) is 6.00. The average molecular weight is 411 g/mol. The van der Waals surface area contributed by atoms with Crippen LogP contribution in [0.5, 0.6) is 0 Å². The molecule has 0 bridgehead atoms. The third-order valence-corrected chi connectivity index (χ3v) is 6.00. The number of pyridine rings is 1. The number of carbonyl (C=O) groups excluding carboxylic acids is 1. The van der Waals surface area contributed by atoms with Crippen LogP contribution in [0.15, 0.2) is 71.8 Å². The molecule has 4 aromatic rings. The maximum Gasteiger partial charge on any atom is 0.272 e. The van der Waals surface area contributed by atoms with E-state index in [9.17, 15) is 9.59 Å². The molecule has 7 heteroatoms. The highest BCUT2D eigenvalue weighted by Crippen LogP contribution is 2.43. The van der Waals surface area contributed by atoms with Crippen LogP contribution in [0.2, 0.25) is 0 Å². The zero-order valence-corrected chi connectivity index (χ0v) is 17.2. The number of fused-ring (bicyclic) bond motifs is 2. The monoisotopic (exact) mass is 411 g/mol. The van der Waals surface area contributed by atoms with E-state index in [0.717, 1.165) is 27.9 Å². The fraction of sp³-hybridized carbons (Fsp3) is 0.167.